The van der Waals surface area contributed by atoms with E-state index in [-0.39, 0.29) is 6.09 Å². The van der Waals surface area contributed by atoms with Crippen molar-refractivity contribution in [2.24, 2.45) is 23.7 Å². The molecule has 2 unspecified atom stereocenters. The van der Waals surface area contributed by atoms with Gasteiger partial charge in [-0.3, -0.25) is 0 Å². The molecule has 0 saturated heterocycles. The second-order valence-electron chi connectivity index (χ2n) is 6.98. The smallest absolute Gasteiger partial charge is 0.407 e. The SMILES string of the molecule is N=CC1[C@@H]2CCC[C@H]1CC(CNC(=O)OCc1ccccc1)C2. The molecule has 2 aliphatic carbocycles. The number of fused-ring (bicyclic) bond motifs is 2. The Bertz CT molecular complexity index is 517. The second-order valence-corrected chi connectivity index (χ2v) is 6.98. The van der Waals surface area contributed by atoms with Gasteiger partial charge in [0.15, 0.2) is 0 Å². The molecule has 1 aromatic carbocycles. The van der Waals surface area contributed by atoms with Crippen molar-refractivity contribution in [3.05, 3.63) is 35.9 Å². The van der Waals surface area contributed by atoms with Gasteiger partial charge >= 0.3 is 6.09 Å². The molecule has 0 aliphatic heterocycles. The van der Waals surface area contributed by atoms with Crippen LogP contribution in [0, 0.1) is 29.1 Å². The number of hydrogen-bond acceptors (Lipinski definition) is 3. The predicted molar refractivity (Wildman–Crippen MR) is 90.5 cm³/mol. The molecule has 1 aromatic rings. The number of benzene rings is 1. The minimum atomic E-state index is -0.326. The fourth-order valence-corrected chi connectivity index (χ4v) is 4.36. The van der Waals surface area contributed by atoms with E-state index < -0.39 is 0 Å². The van der Waals surface area contributed by atoms with Crippen molar-refractivity contribution in [1.82, 2.24) is 5.32 Å². The molecule has 3 rings (SSSR count). The highest BCUT2D eigenvalue weighted by Crippen LogP contribution is 2.45. The largest absolute Gasteiger partial charge is 0.445 e. The summed E-state index contributed by atoms with van der Waals surface area (Å²) in [5, 5.41) is 10.6. The quantitative estimate of drug-likeness (QED) is 0.807. The Hall–Kier alpha value is -1.84. The molecule has 4 atom stereocenters. The Labute approximate surface area is 138 Å². The topological polar surface area (TPSA) is 62.2 Å². The van der Waals surface area contributed by atoms with Crippen molar-refractivity contribution in [3.63, 3.8) is 0 Å². The minimum Gasteiger partial charge on any atom is -0.445 e. The first-order valence-electron chi connectivity index (χ1n) is 8.71. The number of ether oxygens (including phenoxy) is 1. The van der Waals surface area contributed by atoms with Crippen LogP contribution in [0.5, 0.6) is 0 Å². The molecule has 2 fully saturated rings. The van der Waals surface area contributed by atoms with Crippen molar-refractivity contribution in [1.29, 1.82) is 5.41 Å². The van der Waals surface area contributed by atoms with E-state index in [4.69, 9.17) is 10.1 Å². The Kier molecular flexibility index (Phi) is 5.31. The van der Waals surface area contributed by atoms with Crippen molar-refractivity contribution in [2.75, 3.05) is 6.54 Å². The maximum absolute atomic E-state index is 11.9. The van der Waals surface area contributed by atoms with Gasteiger partial charge in [-0.15, -0.1) is 0 Å². The predicted octanol–water partition coefficient (Wildman–Crippen LogP) is 4.00. The lowest BCUT2D eigenvalue weighted by atomic mass is 9.62. The summed E-state index contributed by atoms with van der Waals surface area (Å²) in [6, 6.07) is 9.74. The van der Waals surface area contributed by atoms with Crippen LogP contribution in [-0.4, -0.2) is 18.9 Å². The van der Waals surface area contributed by atoms with Crippen LogP contribution in [0.1, 0.15) is 37.7 Å². The standard InChI is InChI=1S/C19H26N2O2/c20-11-18-16-7-4-8-17(18)10-15(9-16)12-21-19(22)23-13-14-5-2-1-3-6-14/h1-3,5-6,11,15-18,20H,4,7-10,12-13H2,(H,21,22)/t15?,16-,17+,18?. The third kappa shape index (κ3) is 4.12. The molecule has 4 heteroatoms. The highest BCUT2D eigenvalue weighted by atomic mass is 16.5. The summed E-state index contributed by atoms with van der Waals surface area (Å²) >= 11 is 0. The van der Waals surface area contributed by atoms with Crippen molar-refractivity contribution >= 4 is 12.3 Å². The summed E-state index contributed by atoms with van der Waals surface area (Å²) in [7, 11) is 0. The van der Waals surface area contributed by atoms with E-state index in [1.54, 1.807) is 6.21 Å². The Balaban J connectivity index is 1.42. The van der Waals surface area contributed by atoms with E-state index >= 15 is 0 Å². The lowest BCUT2D eigenvalue weighted by Gasteiger charge is -2.44. The van der Waals surface area contributed by atoms with Gasteiger partial charge in [-0.2, -0.15) is 0 Å². The van der Waals surface area contributed by atoms with E-state index in [9.17, 15) is 4.79 Å². The Morgan fingerprint density at radius 3 is 2.57 bits per heavy atom. The molecule has 2 N–H and O–H groups in total. The van der Waals surface area contributed by atoms with Gasteiger partial charge in [0.05, 0.1) is 0 Å². The Morgan fingerprint density at radius 2 is 1.91 bits per heavy atom. The van der Waals surface area contributed by atoms with Gasteiger partial charge in [-0.1, -0.05) is 36.8 Å². The van der Waals surface area contributed by atoms with Crippen LogP contribution < -0.4 is 5.32 Å². The summed E-state index contributed by atoms with van der Waals surface area (Å²) in [6.45, 7) is 1.02. The van der Waals surface area contributed by atoms with E-state index in [0.29, 0.717) is 36.8 Å². The number of carbonyl (C=O) groups is 1. The number of rotatable bonds is 5. The van der Waals surface area contributed by atoms with Crippen LogP contribution in [0.25, 0.3) is 0 Å². The fourth-order valence-electron chi connectivity index (χ4n) is 4.36. The van der Waals surface area contributed by atoms with Crippen LogP contribution in [0.2, 0.25) is 0 Å². The maximum atomic E-state index is 11.9. The number of amides is 1. The van der Waals surface area contributed by atoms with Crippen molar-refractivity contribution in [3.8, 4) is 0 Å². The summed E-state index contributed by atoms with van der Waals surface area (Å²) < 4.78 is 5.27. The molecule has 0 spiro atoms. The molecular weight excluding hydrogens is 288 g/mol. The minimum absolute atomic E-state index is 0.318. The van der Waals surface area contributed by atoms with Crippen molar-refractivity contribution < 1.29 is 9.53 Å². The molecule has 2 saturated carbocycles. The van der Waals surface area contributed by atoms with Gasteiger partial charge in [-0.25, -0.2) is 4.79 Å². The number of alkyl carbamates (subject to hydrolysis) is 1. The zero-order valence-electron chi connectivity index (χ0n) is 13.5. The summed E-state index contributed by atoms with van der Waals surface area (Å²) in [6.07, 6.45) is 7.40. The Morgan fingerprint density at radius 1 is 1.22 bits per heavy atom. The van der Waals surface area contributed by atoms with Crippen LogP contribution in [-0.2, 0) is 11.3 Å². The molecule has 2 bridgehead atoms. The van der Waals surface area contributed by atoms with Crippen LogP contribution in [0.3, 0.4) is 0 Å². The molecular formula is C19H26N2O2. The first-order chi connectivity index (χ1) is 11.3. The lowest BCUT2D eigenvalue weighted by molar-refractivity contribution is 0.0937. The van der Waals surface area contributed by atoms with Crippen molar-refractivity contribution in [2.45, 2.75) is 38.7 Å². The molecule has 0 heterocycles. The highest BCUT2D eigenvalue weighted by Gasteiger charge is 2.39. The zero-order valence-corrected chi connectivity index (χ0v) is 13.5. The average molecular weight is 314 g/mol. The zero-order chi connectivity index (χ0) is 16.1. The number of carbonyl (C=O) groups excluding carboxylic acids is 1. The monoisotopic (exact) mass is 314 g/mol. The average Bonchev–Trinajstić information content (AvgIpc) is 2.58. The van der Waals surface area contributed by atoms with Gasteiger partial charge in [0, 0.05) is 6.54 Å². The number of hydrogen-bond donors (Lipinski definition) is 2. The maximum Gasteiger partial charge on any atom is 0.407 e. The van der Waals surface area contributed by atoms with Crippen LogP contribution in [0.4, 0.5) is 4.79 Å². The lowest BCUT2D eigenvalue weighted by Crippen LogP contribution is -2.41. The first-order valence-corrected chi connectivity index (χ1v) is 8.71. The van der Waals surface area contributed by atoms with E-state index in [0.717, 1.165) is 18.4 Å². The van der Waals surface area contributed by atoms with Crippen LogP contribution >= 0.6 is 0 Å². The van der Waals surface area contributed by atoms with Gasteiger partial charge in [0.2, 0.25) is 0 Å². The van der Waals surface area contributed by atoms with Gasteiger partial charge < -0.3 is 15.5 Å². The van der Waals surface area contributed by atoms with E-state index in [1.165, 1.54) is 19.3 Å². The molecule has 4 nitrogen and oxygen atoms in total. The summed E-state index contributed by atoms with van der Waals surface area (Å²) in [5.41, 5.74) is 1.00. The van der Waals surface area contributed by atoms with Crippen LogP contribution in [0.15, 0.2) is 30.3 Å². The molecule has 2 aliphatic rings. The first kappa shape index (κ1) is 16.0. The van der Waals surface area contributed by atoms with E-state index in [2.05, 4.69) is 5.32 Å². The normalized spacial score (nSPS) is 29.6. The van der Waals surface area contributed by atoms with E-state index in [1.807, 2.05) is 30.3 Å². The molecule has 0 aromatic heterocycles. The summed E-state index contributed by atoms with van der Waals surface area (Å²) in [5.74, 6) is 2.30. The fraction of sp³-hybridized carbons (Fsp3) is 0.579. The summed E-state index contributed by atoms with van der Waals surface area (Å²) in [4.78, 5) is 11.9. The third-order valence-electron chi connectivity index (χ3n) is 5.45. The highest BCUT2D eigenvalue weighted by molar-refractivity contribution is 5.67. The number of nitrogens with one attached hydrogen (secondary N) is 2. The van der Waals surface area contributed by atoms with Gasteiger partial charge in [-0.05, 0) is 61.1 Å². The second kappa shape index (κ2) is 7.62. The molecule has 23 heavy (non-hydrogen) atoms. The third-order valence-corrected chi connectivity index (χ3v) is 5.45. The van der Waals surface area contributed by atoms with Gasteiger partial charge in [0.1, 0.15) is 6.61 Å². The van der Waals surface area contributed by atoms with Gasteiger partial charge in [0.25, 0.3) is 0 Å². The molecule has 124 valence electrons. The molecule has 0 radical (unpaired) electrons. The molecule has 1 amide bonds.